The number of rotatable bonds is 5. The highest BCUT2D eigenvalue weighted by atomic mass is 35.5. The van der Waals surface area contributed by atoms with Gasteiger partial charge in [-0.05, 0) is 35.9 Å². The minimum atomic E-state index is -4.11. The average Bonchev–Trinajstić information content (AvgIpc) is 2.99. The Bertz CT molecular complexity index is 1050. The number of nitrogens with one attached hydrogen (secondary N) is 3. The summed E-state index contributed by atoms with van der Waals surface area (Å²) in [6.45, 7) is 0. The molecule has 1 heterocycles. The lowest BCUT2D eigenvalue weighted by atomic mass is 10.1. The van der Waals surface area contributed by atoms with E-state index in [1.165, 1.54) is 44.5 Å². The summed E-state index contributed by atoms with van der Waals surface area (Å²) >= 11 is 6.11. The lowest BCUT2D eigenvalue weighted by molar-refractivity contribution is -0.115. The van der Waals surface area contributed by atoms with Crippen LogP contribution in [0.15, 0.2) is 35.2 Å². The van der Waals surface area contributed by atoms with Gasteiger partial charge in [0.2, 0.25) is 5.91 Å². The van der Waals surface area contributed by atoms with E-state index in [0.29, 0.717) is 17.0 Å². The van der Waals surface area contributed by atoms with Crippen LogP contribution < -0.4 is 20.1 Å². The molecule has 0 radical (unpaired) electrons. The van der Waals surface area contributed by atoms with E-state index in [1.54, 1.807) is 0 Å². The van der Waals surface area contributed by atoms with Crippen LogP contribution in [0.5, 0.6) is 5.75 Å². The monoisotopic (exact) mass is 409 g/mol. The van der Waals surface area contributed by atoms with Crippen molar-refractivity contribution in [1.29, 1.82) is 0 Å². The Balaban J connectivity index is 2.02. The number of carbonyl (C=O) groups excluding carboxylic acids is 2. The third kappa shape index (κ3) is 3.69. The van der Waals surface area contributed by atoms with E-state index in [4.69, 9.17) is 16.3 Å². The van der Waals surface area contributed by atoms with Crippen molar-refractivity contribution in [3.63, 3.8) is 0 Å². The molecule has 3 rings (SSSR count). The maximum atomic E-state index is 12.9. The lowest BCUT2D eigenvalue weighted by Crippen LogP contribution is -2.22. The molecular formula is C17H16ClN3O5S. The zero-order valence-corrected chi connectivity index (χ0v) is 16.0. The maximum absolute atomic E-state index is 12.9. The third-order valence-corrected chi connectivity index (χ3v) is 5.85. The quantitative estimate of drug-likeness (QED) is 0.699. The minimum absolute atomic E-state index is 0.0431. The van der Waals surface area contributed by atoms with Crippen molar-refractivity contribution in [2.75, 3.05) is 24.2 Å². The predicted octanol–water partition coefficient (Wildman–Crippen LogP) is 2.00. The minimum Gasteiger partial charge on any atom is -0.497 e. The molecule has 2 aromatic carbocycles. The molecular weight excluding hydrogens is 394 g/mol. The molecule has 0 bridgehead atoms. The Kier molecular flexibility index (Phi) is 4.99. The van der Waals surface area contributed by atoms with Gasteiger partial charge in [0.15, 0.2) is 0 Å². The summed E-state index contributed by atoms with van der Waals surface area (Å²) in [6.07, 6.45) is 0.0705. The number of sulfonamides is 1. The Morgan fingerprint density at radius 1 is 1.26 bits per heavy atom. The Morgan fingerprint density at radius 3 is 2.67 bits per heavy atom. The number of halogens is 1. The Hall–Kier alpha value is -2.78. The number of carbonyl (C=O) groups is 2. The Labute approximate surface area is 160 Å². The van der Waals surface area contributed by atoms with Crippen LogP contribution in [0.4, 0.5) is 11.4 Å². The fourth-order valence-electron chi connectivity index (χ4n) is 2.69. The average molecular weight is 410 g/mol. The largest absolute Gasteiger partial charge is 0.497 e. The van der Waals surface area contributed by atoms with Gasteiger partial charge >= 0.3 is 0 Å². The van der Waals surface area contributed by atoms with Crippen LogP contribution in [0.1, 0.15) is 15.9 Å². The van der Waals surface area contributed by atoms with Gasteiger partial charge in [0.1, 0.15) is 10.6 Å². The summed E-state index contributed by atoms with van der Waals surface area (Å²) in [6, 6.07) is 7.11. The standard InChI is InChI=1S/C17H16ClN3O5S/c1-19-17(23)11-7-10(26-2)3-4-13(11)21-27(24,25)15-5-9-6-16(22)20-14(9)8-12(15)18/h3-5,7-8,21H,6H2,1-2H3,(H,19,23)(H,20,22). The van der Waals surface area contributed by atoms with Crippen LogP contribution in [0.3, 0.4) is 0 Å². The summed E-state index contributed by atoms with van der Waals surface area (Å²) in [5.74, 6) is -0.321. The van der Waals surface area contributed by atoms with Gasteiger partial charge in [-0.1, -0.05) is 11.6 Å². The third-order valence-electron chi connectivity index (χ3n) is 4.02. The van der Waals surface area contributed by atoms with Crippen LogP contribution in [0.2, 0.25) is 5.02 Å². The molecule has 27 heavy (non-hydrogen) atoms. The number of hydrogen-bond acceptors (Lipinski definition) is 5. The van der Waals surface area contributed by atoms with E-state index in [2.05, 4.69) is 15.4 Å². The first-order valence-electron chi connectivity index (χ1n) is 7.80. The van der Waals surface area contributed by atoms with E-state index in [9.17, 15) is 18.0 Å². The number of benzene rings is 2. The van der Waals surface area contributed by atoms with Crippen LogP contribution in [0.25, 0.3) is 0 Å². The number of fused-ring (bicyclic) bond motifs is 1. The molecule has 2 amide bonds. The predicted molar refractivity (Wildman–Crippen MR) is 101 cm³/mol. The number of anilines is 2. The SMILES string of the molecule is CNC(=O)c1cc(OC)ccc1NS(=O)(=O)c1cc2c(cc1Cl)NC(=O)C2. The van der Waals surface area contributed by atoms with E-state index in [1.807, 2.05) is 0 Å². The molecule has 2 aromatic rings. The van der Waals surface area contributed by atoms with Crippen LogP contribution >= 0.6 is 11.6 Å². The molecule has 0 saturated carbocycles. The summed E-state index contributed by atoms with van der Waals surface area (Å²) in [5, 5.41) is 5.01. The van der Waals surface area contributed by atoms with Gasteiger partial charge in [0.05, 0.1) is 29.8 Å². The van der Waals surface area contributed by atoms with Crippen LogP contribution in [-0.2, 0) is 21.2 Å². The molecule has 0 fully saturated rings. The molecule has 1 aliphatic heterocycles. The van der Waals surface area contributed by atoms with Crippen LogP contribution in [-0.4, -0.2) is 34.4 Å². The second-order valence-corrected chi connectivity index (χ2v) is 7.82. The van der Waals surface area contributed by atoms with Crippen molar-refractivity contribution in [2.24, 2.45) is 0 Å². The van der Waals surface area contributed by atoms with E-state index < -0.39 is 15.9 Å². The van der Waals surface area contributed by atoms with Gasteiger partial charge in [0, 0.05) is 12.7 Å². The molecule has 1 aliphatic rings. The molecule has 10 heteroatoms. The molecule has 0 aliphatic carbocycles. The van der Waals surface area contributed by atoms with Crippen molar-refractivity contribution in [1.82, 2.24) is 5.32 Å². The van der Waals surface area contributed by atoms with Crippen molar-refractivity contribution < 1.29 is 22.7 Å². The molecule has 142 valence electrons. The first-order chi connectivity index (χ1) is 12.7. The second kappa shape index (κ2) is 7.09. The molecule has 3 N–H and O–H groups in total. The fraction of sp³-hybridized carbons (Fsp3) is 0.176. The zero-order valence-electron chi connectivity index (χ0n) is 14.4. The van der Waals surface area contributed by atoms with Gasteiger partial charge in [-0.15, -0.1) is 0 Å². The number of ether oxygens (including phenoxy) is 1. The van der Waals surface area contributed by atoms with Crippen molar-refractivity contribution in [2.45, 2.75) is 11.3 Å². The van der Waals surface area contributed by atoms with Gasteiger partial charge < -0.3 is 15.4 Å². The van der Waals surface area contributed by atoms with E-state index >= 15 is 0 Å². The summed E-state index contributed by atoms with van der Waals surface area (Å²) in [7, 11) is -1.24. The lowest BCUT2D eigenvalue weighted by Gasteiger charge is -2.14. The molecule has 0 unspecified atom stereocenters. The van der Waals surface area contributed by atoms with Crippen LogP contribution in [0, 0.1) is 0 Å². The van der Waals surface area contributed by atoms with Crippen molar-refractivity contribution in [3.05, 3.63) is 46.5 Å². The molecule has 0 spiro atoms. The zero-order chi connectivity index (χ0) is 19.8. The number of hydrogen-bond donors (Lipinski definition) is 3. The van der Waals surface area contributed by atoms with Crippen molar-refractivity contribution >= 4 is 44.8 Å². The number of amides is 2. The number of methoxy groups -OCH3 is 1. The Morgan fingerprint density at radius 2 is 2.00 bits per heavy atom. The normalized spacial score (nSPS) is 12.9. The summed E-state index contributed by atoms with van der Waals surface area (Å²) in [5.41, 5.74) is 1.18. The first kappa shape index (κ1) is 19.0. The summed E-state index contributed by atoms with van der Waals surface area (Å²) < 4.78 is 33.2. The maximum Gasteiger partial charge on any atom is 0.263 e. The molecule has 0 atom stereocenters. The molecule has 8 nitrogen and oxygen atoms in total. The van der Waals surface area contributed by atoms with Gasteiger partial charge in [-0.25, -0.2) is 8.42 Å². The van der Waals surface area contributed by atoms with Gasteiger partial charge in [0.25, 0.3) is 15.9 Å². The second-order valence-electron chi connectivity index (χ2n) is 5.76. The van der Waals surface area contributed by atoms with Gasteiger partial charge in [-0.3, -0.25) is 14.3 Å². The molecule has 0 aromatic heterocycles. The molecule has 0 saturated heterocycles. The smallest absolute Gasteiger partial charge is 0.263 e. The van der Waals surface area contributed by atoms with E-state index in [0.717, 1.165) is 0 Å². The van der Waals surface area contributed by atoms with Gasteiger partial charge in [-0.2, -0.15) is 0 Å². The van der Waals surface area contributed by atoms with Crippen molar-refractivity contribution in [3.8, 4) is 5.75 Å². The van der Waals surface area contributed by atoms with E-state index in [-0.39, 0.29) is 33.5 Å². The fourth-order valence-corrected chi connectivity index (χ4v) is 4.35. The highest BCUT2D eigenvalue weighted by Gasteiger charge is 2.26. The highest BCUT2D eigenvalue weighted by Crippen LogP contribution is 2.33. The highest BCUT2D eigenvalue weighted by molar-refractivity contribution is 7.92. The summed E-state index contributed by atoms with van der Waals surface area (Å²) in [4.78, 5) is 23.4. The topological polar surface area (TPSA) is 114 Å². The first-order valence-corrected chi connectivity index (χ1v) is 9.66.